The van der Waals surface area contributed by atoms with Crippen molar-refractivity contribution in [3.63, 3.8) is 0 Å². The maximum absolute atomic E-state index is 11.9. The van der Waals surface area contributed by atoms with Gasteiger partial charge >= 0.3 is 0 Å². The largest absolute Gasteiger partial charge is 0.431 e. The Morgan fingerprint density at radius 3 is 2.81 bits per heavy atom. The number of pyridine rings is 1. The van der Waals surface area contributed by atoms with E-state index in [1.54, 1.807) is 6.20 Å². The molecule has 5 nitrogen and oxygen atoms in total. The lowest BCUT2D eigenvalue weighted by molar-refractivity contribution is -0.121. The number of amidine groups is 1. The number of rotatable bonds is 4. The topological polar surface area (TPSA) is 77.6 Å². The van der Waals surface area contributed by atoms with Gasteiger partial charge in [0.2, 0.25) is 0 Å². The van der Waals surface area contributed by atoms with Crippen molar-refractivity contribution in [2.75, 3.05) is 0 Å². The van der Waals surface area contributed by atoms with Crippen LogP contribution in [-0.2, 0) is 21.5 Å². The van der Waals surface area contributed by atoms with Crippen molar-refractivity contribution in [1.82, 2.24) is 4.98 Å². The van der Waals surface area contributed by atoms with Gasteiger partial charge in [0.1, 0.15) is 17.1 Å². The average molecular weight is 287 g/mol. The molecule has 112 valence electrons. The molecular weight excluding hydrogens is 266 g/mol. The summed E-state index contributed by atoms with van der Waals surface area (Å²) in [6.07, 6.45) is 3.98. The Hall–Kier alpha value is -2.17. The normalized spacial score (nSPS) is 21.6. The van der Waals surface area contributed by atoms with Gasteiger partial charge in [0, 0.05) is 18.5 Å². The molecule has 0 saturated carbocycles. The van der Waals surface area contributed by atoms with E-state index in [2.05, 4.69) is 9.98 Å². The molecule has 1 aromatic heterocycles. The third-order valence-electron chi connectivity index (χ3n) is 3.46. The van der Waals surface area contributed by atoms with Crippen molar-refractivity contribution in [3.05, 3.63) is 41.4 Å². The number of allylic oxidation sites excluding steroid dienone is 1. The fourth-order valence-corrected chi connectivity index (χ4v) is 2.27. The van der Waals surface area contributed by atoms with Crippen LogP contribution in [0.5, 0.6) is 0 Å². The fourth-order valence-electron chi connectivity index (χ4n) is 2.27. The molecule has 0 bridgehead atoms. The number of ketones is 1. The predicted octanol–water partition coefficient (Wildman–Crippen LogP) is 2.31. The van der Waals surface area contributed by atoms with E-state index in [4.69, 9.17) is 10.5 Å². The number of hydrogen-bond donors (Lipinski definition) is 1. The van der Waals surface area contributed by atoms with Crippen molar-refractivity contribution in [2.45, 2.75) is 39.7 Å². The number of nitrogens with zero attached hydrogens (tertiary/aromatic N) is 2. The van der Waals surface area contributed by atoms with E-state index in [9.17, 15) is 4.79 Å². The number of nitrogens with two attached hydrogens (primary N) is 1. The first-order valence-electron chi connectivity index (χ1n) is 7.01. The third-order valence-corrected chi connectivity index (χ3v) is 3.46. The Balaban J connectivity index is 2.33. The van der Waals surface area contributed by atoms with Crippen molar-refractivity contribution >= 4 is 11.8 Å². The molecule has 0 fully saturated rings. The molecule has 0 aromatic carbocycles. The first-order valence-corrected chi connectivity index (χ1v) is 7.01. The summed E-state index contributed by atoms with van der Waals surface area (Å²) in [4.78, 5) is 20.6. The molecule has 5 heteroatoms. The van der Waals surface area contributed by atoms with Gasteiger partial charge in [-0.05, 0) is 37.6 Å². The summed E-state index contributed by atoms with van der Waals surface area (Å²) < 4.78 is 5.24. The second-order valence-corrected chi connectivity index (χ2v) is 5.80. The van der Waals surface area contributed by atoms with Crippen LogP contribution in [0.2, 0.25) is 0 Å². The minimum atomic E-state index is -0.663. The van der Waals surface area contributed by atoms with Gasteiger partial charge in [-0.15, -0.1) is 0 Å². The smallest absolute Gasteiger partial charge is 0.288 e. The minimum absolute atomic E-state index is 0.0242. The summed E-state index contributed by atoms with van der Waals surface area (Å²) in [5.74, 6) is 0.922. The van der Waals surface area contributed by atoms with E-state index in [1.165, 1.54) is 0 Å². The maximum atomic E-state index is 11.9. The highest BCUT2D eigenvalue weighted by molar-refractivity contribution is 5.82. The number of Topliss-reactive ketones (excluding diaryl/α,β-unsaturated/α-hetero) is 1. The summed E-state index contributed by atoms with van der Waals surface area (Å²) >= 11 is 0. The van der Waals surface area contributed by atoms with Crippen LogP contribution in [0.4, 0.5) is 0 Å². The molecule has 2 N–H and O–H groups in total. The minimum Gasteiger partial charge on any atom is -0.431 e. The lowest BCUT2D eigenvalue weighted by atomic mass is 9.93. The van der Waals surface area contributed by atoms with E-state index < -0.39 is 5.54 Å². The van der Waals surface area contributed by atoms with Crippen LogP contribution in [0.25, 0.3) is 0 Å². The highest BCUT2D eigenvalue weighted by Gasteiger charge is 2.30. The molecule has 0 aliphatic carbocycles. The molecule has 0 radical (unpaired) electrons. The van der Waals surface area contributed by atoms with Gasteiger partial charge in [-0.1, -0.05) is 13.8 Å². The molecule has 0 unspecified atom stereocenters. The number of hydrogen-bond acceptors (Lipinski definition) is 5. The first-order chi connectivity index (χ1) is 9.80. The van der Waals surface area contributed by atoms with Crippen LogP contribution >= 0.6 is 0 Å². The molecule has 2 rings (SSSR count). The Labute approximate surface area is 124 Å². The van der Waals surface area contributed by atoms with E-state index >= 15 is 0 Å². The predicted molar refractivity (Wildman–Crippen MR) is 81.6 cm³/mol. The van der Waals surface area contributed by atoms with Crippen molar-refractivity contribution in [3.8, 4) is 0 Å². The summed E-state index contributed by atoms with van der Waals surface area (Å²) in [7, 11) is 0. The van der Waals surface area contributed by atoms with Crippen molar-refractivity contribution < 1.29 is 9.53 Å². The Morgan fingerprint density at radius 1 is 1.48 bits per heavy atom. The second-order valence-electron chi connectivity index (χ2n) is 5.80. The van der Waals surface area contributed by atoms with E-state index in [-0.39, 0.29) is 17.7 Å². The number of ether oxygens (including phenoxy) is 1. The van der Waals surface area contributed by atoms with Crippen LogP contribution in [-0.4, -0.2) is 16.8 Å². The molecule has 0 spiro atoms. The molecule has 2 heterocycles. The molecule has 1 aromatic rings. The monoisotopic (exact) mass is 287 g/mol. The Bertz CT molecular complexity index is 600. The zero-order chi connectivity index (χ0) is 15.6. The zero-order valence-corrected chi connectivity index (χ0v) is 12.9. The van der Waals surface area contributed by atoms with Crippen molar-refractivity contribution in [1.29, 1.82) is 0 Å². The lowest BCUT2D eigenvalue weighted by Crippen LogP contribution is -2.30. The van der Waals surface area contributed by atoms with Crippen LogP contribution in [0.3, 0.4) is 0 Å². The molecule has 1 aliphatic rings. The van der Waals surface area contributed by atoms with Crippen molar-refractivity contribution in [2.24, 2.45) is 16.6 Å². The summed E-state index contributed by atoms with van der Waals surface area (Å²) in [5.41, 5.74) is 6.73. The third kappa shape index (κ3) is 3.48. The van der Waals surface area contributed by atoms with Gasteiger partial charge in [0.05, 0.1) is 5.69 Å². The SMILES string of the molecule is CC1=C[C@@](C)(c2cc(CC(=O)C(C)C)ccn2)N=C(N)O1. The van der Waals surface area contributed by atoms with Gasteiger partial charge in [-0.25, -0.2) is 4.99 Å². The van der Waals surface area contributed by atoms with E-state index in [0.717, 1.165) is 11.3 Å². The van der Waals surface area contributed by atoms with Crippen LogP contribution in [0.15, 0.2) is 35.2 Å². The van der Waals surface area contributed by atoms with E-state index in [1.807, 2.05) is 45.9 Å². The average Bonchev–Trinajstić information content (AvgIpc) is 2.37. The molecule has 1 aliphatic heterocycles. The van der Waals surface area contributed by atoms with Crippen LogP contribution in [0, 0.1) is 5.92 Å². The number of aromatic nitrogens is 1. The second kappa shape index (κ2) is 5.68. The summed E-state index contributed by atoms with van der Waals surface area (Å²) in [6, 6.07) is 3.89. The van der Waals surface area contributed by atoms with E-state index in [0.29, 0.717) is 12.2 Å². The van der Waals surface area contributed by atoms with Crippen LogP contribution < -0.4 is 5.73 Å². The van der Waals surface area contributed by atoms with Crippen LogP contribution in [0.1, 0.15) is 39.0 Å². The zero-order valence-electron chi connectivity index (χ0n) is 12.9. The summed E-state index contributed by atoms with van der Waals surface area (Å²) in [6.45, 7) is 7.55. The lowest BCUT2D eigenvalue weighted by Gasteiger charge is -2.26. The van der Waals surface area contributed by atoms with Gasteiger partial charge in [-0.3, -0.25) is 9.78 Å². The molecule has 0 saturated heterocycles. The highest BCUT2D eigenvalue weighted by Crippen LogP contribution is 2.30. The van der Waals surface area contributed by atoms with Gasteiger partial charge in [-0.2, -0.15) is 0 Å². The first kappa shape index (κ1) is 15.2. The maximum Gasteiger partial charge on any atom is 0.288 e. The standard InChI is InChI=1S/C16H21N3O2/c1-10(2)13(20)7-12-5-6-18-14(8-12)16(4)9-11(3)21-15(17)19-16/h5-6,8-10H,7H2,1-4H3,(H2,17,19)/t16-/m0/s1. The molecular formula is C16H21N3O2. The molecule has 0 amide bonds. The number of aliphatic imine (C=N–C) groups is 1. The number of carbonyl (C=O) groups is 1. The molecule has 21 heavy (non-hydrogen) atoms. The Kier molecular flexibility index (Phi) is 4.11. The molecule has 1 atom stereocenters. The summed E-state index contributed by atoms with van der Waals surface area (Å²) in [5, 5.41) is 0. The fraction of sp³-hybridized carbons (Fsp3) is 0.438. The Morgan fingerprint density at radius 2 is 2.19 bits per heavy atom. The number of carbonyl (C=O) groups excluding carboxylic acids is 1. The van der Waals surface area contributed by atoms with Gasteiger partial charge in [0.25, 0.3) is 6.02 Å². The van der Waals surface area contributed by atoms with Gasteiger partial charge < -0.3 is 10.5 Å². The highest BCUT2D eigenvalue weighted by atomic mass is 16.5. The van der Waals surface area contributed by atoms with Gasteiger partial charge in [0.15, 0.2) is 0 Å². The quantitative estimate of drug-likeness (QED) is 0.921.